The van der Waals surface area contributed by atoms with E-state index in [1.807, 2.05) is 0 Å². The number of hydrogen-bond donors (Lipinski definition) is 3. The number of carbonyl (C=O) groups is 2. The topological polar surface area (TPSA) is 78.4 Å². The maximum Gasteiger partial charge on any atom is 0.416 e. The monoisotopic (exact) mass is 304 g/mol. The summed E-state index contributed by atoms with van der Waals surface area (Å²) in [6.07, 6.45) is -4.61. The zero-order chi connectivity index (χ0) is 16.0. The number of halogens is 3. The van der Waals surface area contributed by atoms with Crippen LogP contribution in [0.4, 0.5) is 18.0 Å². The first-order valence-electron chi connectivity index (χ1n) is 6.13. The molecule has 116 valence electrons. The van der Waals surface area contributed by atoms with E-state index < -0.39 is 29.8 Å². The molecule has 0 saturated carbocycles. The molecule has 21 heavy (non-hydrogen) atoms. The molecule has 0 spiro atoms. The lowest BCUT2D eigenvalue weighted by Gasteiger charge is -2.15. The Morgan fingerprint density at radius 2 is 1.81 bits per heavy atom. The average Bonchev–Trinajstić information content (AvgIpc) is 2.37. The number of hydrogen-bond acceptors (Lipinski definition) is 2. The lowest BCUT2D eigenvalue weighted by Crippen LogP contribution is -2.38. The van der Waals surface area contributed by atoms with E-state index in [-0.39, 0.29) is 13.0 Å². The minimum absolute atomic E-state index is 0.0269. The number of aliphatic carboxylic acids is 1. The first-order valence-corrected chi connectivity index (χ1v) is 6.13. The summed E-state index contributed by atoms with van der Waals surface area (Å²) < 4.78 is 37.2. The second kappa shape index (κ2) is 6.96. The maximum absolute atomic E-state index is 12.4. The largest absolute Gasteiger partial charge is 0.481 e. The molecule has 8 heteroatoms. The Morgan fingerprint density at radius 3 is 2.29 bits per heavy atom. The van der Waals surface area contributed by atoms with Gasteiger partial charge < -0.3 is 15.7 Å². The van der Waals surface area contributed by atoms with Crippen LogP contribution in [0, 0.1) is 0 Å². The summed E-state index contributed by atoms with van der Waals surface area (Å²) in [4.78, 5) is 21.7. The fourth-order valence-corrected chi connectivity index (χ4v) is 1.57. The van der Waals surface area contributed by atoms with Crippen LogP contribution in [0.15, 0.2) is 24.3 Å². The predicted molar refractivity (Wildman–Crippen MR) is 68.6 cm³/mol. The van der Waals surface area contributed by atoms with E-state index in [1.165, 1.54) is 12.1 Å². The zero-order valence-corrected chi connectivity index (χ0v) is 11.2. The van der Waals surface area contributed by atoms with Crippen LogP contribution in [0.3, 0.4) is 0 Å². The van der Waals surface area contributed by atoms with Crippen molar-refractivity contribution in [1.82, 2.24) is 10.6 Å². The molecular formula is C13H15F3N2O3. The van der Waals surface area contributed by atoms with Crippen molar-refractivity contribution in [3.8, 4) is 0 Å². The summed E-state index contributed by atoms with van der Waals surface area (Å²) in [5.41, 5.74) is -0.249. The van der Waals surface area contributed by atoms with Gasteiger partial charge in [-0.2, -0.15) is 13.2 Å². The van der Waals surface area contributed by atoms with E-state index in [1.54, 1.807) is 6.92 Å². The molecule has 2 amide bonds. The highest BCUT2D eigenvalue weighted by molar-refractivity contribution is 5.75. The molecule has 1 rings (SSSR count). The number of benzene rings is 1. The van der Waals surface area contributed by atoms with Gasteiger partial charge in [0.15, 0.2) is 0 Å². The van der Waals surface area contributed by atoms with Gasteiger partial charge in [-0.05, 0) is 24.6 Å². The highest BCUT2D eigenvalue weighted by Gasteiger charge is 2.30. The van der Waals surface area contributed by atoms with Crippen LogP contribution >= 0.6 is 0 Å². The molecule has 0 aliphatic heterocycles. The van der Waals surface area contributed by atoms with Crippen LogP contribution in [-0.4, -0.2) is 23.7 Å². The van der Waals surface area contributed by atoms with Gasteiger partial charge in [0.2, 0.25) is 0 Å². The Balaban J connectivity index is 2.53. The number of urea groups is 1. The molecule has 3 N–H and O–H groups in total. The Hall–Kier alpha value is -2.25. The molecule has 1 aromatic carbocycles. The molecule has 1 atom stereocenters. The van der Waals surface area contributed by atoms with Crippen LogP contribution in [0.25, 0.3) is 0 Å². The van der Waals surface area contributed by atoms with Crippen LogP contribution in [0.2, 0.25) is 0 Å². The van der Waals surface area contributed by atoms with Crippen LogP contribution in [-0.2, 0) is 11.0 Å². The summed E-state index contributed by atoms with van der Waals surface area (Å²) in [5.74, 6) is -1.04. The smallest absolute Gasteiger partial charge is 0.416 e. The predicted octanol–water partition coefficient (Wildman–Crippen LogP) is 2.54. The average molecular weight is 304 g/mol. The second-order valence-corrected chi connectivity index (χ2v) is 4.39. The van der Waals surface area contributed by atoms with E-state index in [4.69, 9.17) is 5.11 Å². The van der Waals surface area contributed by atoms with Crippen molar-refractivity contribution in [1.29, 1.82) is 0 Å². The van der Waals surface area contributed by atoms with Gasteiger partial charge in [0.05, 0.1) is 18.0 Å². The number of carbonyl (C=O) groups excluding carboxylic acids is 1. The number of carboxylic acids is 1. The van der Waals surface area contributed by atoms with Crippen LogP contribution in [0.1, 0.15) is 30.5 Å². The molecular weight excluding hydrogens is 289 g/mol. The summed E-state index contributed by atoms with van der Waals surface area (Å²) >= 11 is 0. The zero-order valence-electron chi connectivity index (χ0n) is 11.2. The molecule has 0 saturated heterocycles. The molecule has 0 heterocycles. The standard InChI is InChI=1S/C13H15F3N2O3/c1-8(18-12(21)17-7-6-11(19)20)9-2-4-10(5-3-9)13(14,15)16/h2-5,8H,6-7H2,1H3,(H,19,20)(H2,17,18,21)/t8-/m1/s1. The van der Waals surface area contributed by atoms with Gasteiger partial charge in [-0.3, -0.25) is 4.79 Å². The quantitative estimate of drug-likeness (QED) is 0.782. The van der Waals surface area contributed by atoms with Crippen molar-refractivity contribution in [2.75, 3.05) is 6.54 Å². The van der Waals surface area contributed by atoms with Crippen molar-refractivity contribution in [2.24, 2.45) is 0 Å². The summed E-state index contributed by atoms with van der Waals surface area (Å²) in [7, 11) is 0. The van der Waals surface area contributed by atoms with Gasteiger partial charge in [-0.25, -0.2) is 4.79 Å². The van der Waals surface area contributed by atoms with Gasteiger partial charge in [0.25, 0.3) is 0 Å². The van der Waals surface area contributed by atoms with Gasteiger partial charge in [-0.15, -0.1) is 0 Å². The molecule has 0 bridgehead atoms. The van der Waals surface area contributed by atoms with Crippen molar-refractivity contribution in [2.45, 2.75) is 25.6 Å². The lowest BCUT2D eigenvalue weighted by atomic mass is 10.1. The number of nitrogens with one attached hydrogen (secondary N) is 2. The van der Waals surface area contributed by atoms with Crippen LogP contribution < -0.4 is 10.6 Å². The van der Waals surface area contributed by atoms with E-state index in [9.17, 15) is 22.8 Å². The van der Waals surface area contributed by atoms with Gasteiger partial charge >= 0.3 is 18.2 Å². The van der Waals surface area contributed by atoms with Gasteiger partial charge in [-0.1, -0.05) is 12.1 Å². The number of amides is 2. The second-order valence-electron chi connectivity index (χ2n) is 4.39. The number of alkyl halides is 3. The third-order valence-electron chi connectivity index (χ3n) is 2.71. The molecule has 5 nitrogen and oxygen atoms in total. The molecule has 0 aliphatic carbocycles. The Labute approximate surface area is 119 Å². The Morgan fingerprint density at radius 1 is 1.24 bits per heavy atom. The lowest BCUT2D eigenvalue weighted by molar-refractivity contribution is -0.138. The van der Waals surface area contributed by atoms with Crippen molar-refractivity contribution >= 4 is 12.0 Å². The number of carboxylic acid groups (broad SMARTS) is 1. The Kier molecular flexibility index (Phi) is 5.57. The highest BCUT2D eigenvalue weighted by atomic mass is 19.4. The molecule has 0 radical (unpaired) electrons. The summed E-state index contributed by atoms with van der Waals surface area (Å²) in [6.45, 7) is 1.58. The normalized spacial score (nSPS) is 12.6. The Bertz CT molecular complexity index is 500. The molecule has 1 aromatic rings. The minimum atomic E-state index is -4.40. The minimum Gasteiger partial charge on any atom is -0.481 e. The molecule has 0 unspecified atom stereocenters. The third-order valence-corrected chi connectivity index (χ3v) is 2.71. The van der Waals surface area contributed by atoms with E-state index in [0.29, 0.717) is 5.56 Å². The molecule has 0 fully saturated rings. The van der Waals surface area contributed by atoms with Crippen molar-refractivity contribution in [3.05, 3.63) is 35.4 Å². The van der Waals surface area contributed by atoms with E-state index in [2.05, 4.69) is 10.6 Å². The molecule has 0 aliphatic rings. The first-order chi connectivity index (χ1) is 9.70. The summed E-state index contributed by atoms with van der Waals surface area (Å²) in [5, 5.41) is 13.3. The molecule has 0 aromatic heterocycles. The van der Waals surface area contributed by atoms with Gasteiger partial charge in [0.1, 0.15) is 0 Å². The number of rotatable bonds is 5. The van der Waals surface area contributed by atoms with Crippen LogP contribution in [0.5, 0.6) is 0 Å². The third kappa shape index (κ3) is 5.72. The summed E-state index contributed by atoms with van der Waals surface area (Å²) in [6, 6.07) is 3.36. The highest BCUT2D eigenvalue weighted by Crippen LogP contribution is 2.29. The van der Waals surface area contributed by atoms with E-state index in [0.717, 1.165) is 12.1 Å². The fourth-order valence-electron chi connectivity index (χ4n) is 1.57. The van der Waals surface area contributed by atoms with Gasteiger partial charge in [0, 0.05) is 6.54 Å². The van der Waals surface area contributed by atoms with Crippen molar-refractivity contribution in [3.63, 3.8) is 0 Å². The SMILES string of the molecule is C[C@@H](NC(=O)NCCC(=O)O)c1ccc(C(F)(F)F)cc1. The maximum atomic E-state index is 12.4. The fraction of sp³-hybridized carbons (Fsp3) is 0.385. The van der Waals surface area contributed by atoms with E-state index >= 15 is 0 Å². The first kappa shape index (κ1) is 16.8. The van der Waals surface area contributed by atoms with Crippen molar-refractivity contribution < 1.29 is 27.9 Å².